The van der Waals surface area contributed by atoms with Crippen molar-refractivity contribution in [2.75, 3.05) is 44.6 Å². The van der Waals surface area contributed by atoms with Crippen LogP contribution < -0.4 is 10.6 Å². The van der Waals surface area contributed by atoms with Gasteiger partial charge >= 0.3 is 5.97 Å². The molecule has 2 rings (SSSR count). The number of ether oxygens (including phenoxy) is 1. The standard InChI is InChI=1S/C20H33N3O3S/c1-5-23(6-2)11-10-21-13-17(24)22-19-18(20(25)26-7-3)15-9-8-14(4)12-16(15)27-19/h14,21H,5-13H2,1-4H3,(H,22,24)/t14-/m0/s1. The lowest BCUT2D eigenvalue weighted by Gasteiger charge is -2.18. The summed E-state index contributed by atoms with van der Waals surface area (Å²) >= 11 is 1.53. The van der Waals surface area contributed by atoms with Crippen LogP contribution in [0.25, 0.3) is 0 Å². The summed E-state index contributed by atoms with van der Waals surface area (Å²) in [6, 6.07) is 0. The summed E-state index contributed by atoms with van der Waals surface area (Å²) in [5.41, 5.74) is 1.64. The van der Waals surface area contributed by atoms with Crippen molar-refractivity contribution in [2.24, 2.45) is 5.92 Å². The van der Waals surface area contributed by atoms with Gasteiger partial charge in [-0.05, 0) is 50.8 Å². The molecule has 0 saturated heterocycles. The van der Waals surface area contributed by atoms with E-state index in [4.69, 9.17) is 4.74 Å². The molecule has 1 aromatic rings. The molecule has 7 heteroatoms. The Morgan fingerprint density at radius 2 is 2.00 bits per heavy atom. The van der Waals surface area contributed by atoms with Gasteiger partial charge in [-0.15, -0.1) is 11.3 Å². The van der Waals surface area contributed by atoms with E-state index in [9.17, 15) is 9.59 Å². The van der Waals surface area contributed by atoms with Crippen LogP contribution in [0.3, 0.4) is 0 Å². The van der Waals surface area contributed by atoms with Crippen molar-refractivity contribution >= 4 is 28.2 Å². The van der Waals surface area contributed by atoms with Gasteiger partial charge in [0.2, 0.25) is 5.91 Å². The summed E-state index contributed by atoms with van der Waals surface area (Å²) < 4.78 is 5.25. The molecule has 1 aliphatic rings. The van der Waals surface area contributed by atoms with Gasteiger partial charge in [-0.1, -0.05) is 20.8 Å². The van der Waals surface area contributed by atoms with Crippen molar-refractivity contribution in [3.05, 3.63) is 16.0 Å². The summed E-state index contributed by atoms with van der Waals surface area (Å²) in [5.74, 6) is 0.164. The number of esters is 1. The van der Waals surface area contributed by atoms with Crippen molar-refractivity contribution in [1.82, 2.24) is 10.2 Å². The first-order valence-corrected chi connectivity index (χ1v) is 10.9. The first-order valence-electron chi connectivity index (χ1n) is 10.0. The molecule has 0 bridgehead atoms. The molecule has 0 fully saturated rings. The zero-order valence-electron chi connectivity index (χ0n) is 17.0. The molecule has 1 amide bonds. The maximum Gasteiger partial charge on any atom is 0.341 e. The molecule has 0 aromatic carbocycles. The number of hydrogen-bond acceptors (Lipinski definition) is 6. The summed E-state index contributed by atoms with van der Waals surface area (Å²) in [6.45, 7) is 12.6. The molecule has 2 N–H and O–H groups in total. The minimum Gasteiger partial charge on any atom is -0.462 e. The lowest BCUT2D eigenvalue weighted by molar-refractivity contribution is -0.115. The smallest absolute Gasteiger partial charge is 0.341 e. The van der Waals surface area contributed by atoms with Crippen molar-refractivity contribution in [3.8, 4) is 0 Å². The molecule has 0 spiro atoms. The zero-order valence-corrected chi connectivity index (χ0v) is 17.8. The van der Waals surface area contributed by atoms with Crippen LogP contribution in [-0.2, 0) is 22.4 Å². The first-order chi connectivity index (χ1) is 13.0. The molecule has 0 unspecified atom stereocenters. The molecule has 27 heavy (non-hydrogen) atoms. The van der Waals surface area contributed by atoms with Gasteiger partial charge in [-0.25, -0.2) is 4.79 Å². The highest BCUT2D eigenvalue weighted by atomic mass is 32.1. The molecule has 152 valence electrons. The number of carbonyl (C=O) groups is 2. The van der Waals surface area contributed by atoms with E-state index in [1.165, 1.54) is 16.2 Å². The largest absolute Gasteiger partial charge is 0.462 e. The molecule has 1 aliphatic carbocycles. The van der Waals surface area contributed by atoms with Crippen LogP contribution in [0.5, 0.6) is 0 Å². The van der Waals surface area contributed by atoms with E-state index >= 15 is 0 Å². The normalized spacial score (nSPS) is 16.3. The first kappa shape index (κ1) is 21.9. The summed E-state index contributed by atoms with van der Waals surface area (Å²) in [6.07, 6.45) is 2.90. The third-order valence-electron chi connectivity index (χ3n) is 5.03. The van der Waals surface area contributed by atoms with Crippen LogP contribution in [-0.4, -0.2) is 56.1 Å². The molecule has 1 aromatic heterocycles. The fourth-order valence-electron chi connectivity index (χ4n) is 3.41. The minimum atomic E-state index is -0.325. The maximum atomic E-state index is 12.5. The van der Waals surface area contributed by atoms with Crippen molar-refractivity contribution in [1.29, 1.82) is 0 Å². The number of likely N-dealkylation sites (N-methyl/N-ethyl adjacent to an activating group) is 1. The number of nitrogens with one attached hydrogen (secondary N) is 2. The topological polar surface area (TPSA) is 70.7 Å². The number of hydrogen-bond donors (Lipinski definition) is 2. The summed E-state index contributed by atoms with van der Waals surface area (Å²) in [7, 11) is 0. The Morgan fingerprint density at radius 1 is 1.26 bits per heavy atom. The SMILES string of the molecule is CCOC(=O)c1c(NC(=O)CNCCN(CC)CC)sc2c1CC[C@H](C)C2. The maximum absolute atomic E-state index is 12.5. The van der Waals surface area contributed by atoms with Crippen LogP contribution >= 0.6 is 11.3 Å². The highest BCUT2D eigenvalue weighted by Gasteiger charge is 2.29. The Bertz CT molecular complexity index is 641. The van der Waals surface area contributed by atoms with Crippen LogP contribution in [0.15, 0.2) is 0 Å². The highest BCUT2D eigenvalue weighted by Crippen LogP contribution is 2.40. The van der Waals surface area contributed by atoms with E-state index in [0.29, 0.717) is 23.1 Å². The van der Waals surface area contributed by atoms with Gasteiger partial charge in [-0.2, -0.15) is 0 Å². The average Bonchev–Trinajstić information content (AvgIpc) is 2.98. The molecular weight excluding hydrogens is 362 g/mol. The number of thiophene rings is 1. The van der Waals surface area contributed by atoms with E-state index in [2.05, 4.69) is 36.3 Å². The van der Waals surface area contributed by atoms with Crippen LogP contribution in [0, 0.1) is 5.92 Å². The number of anilines is 1. The second kappa shape index (κ2) is 10.8. The number of amides is 1. The number of nitrogens with zero attached hydrogens (tertiary/aromatic N) is 1. The van der Waals surface area contributed by atoms with Crippen LogP contribution in [0.4, 0.5) is 5.00 Å². The van der Waals surface area contributed by atoms with E-state index in [1.807, 2.05) is 0 Å². The van der Waals surface area contributed by atoms with Gasteiger partial charge in [0.25, 0.3) is 0 Å². The highest BCUT2D eigenvalue weighted by molar-refractivity contribution is 7.17. The quantitative estimate of drug-likeness (QED) is 0.471. The van der Waals surface area contributed by atoms with E-state index < -0.39 is 0 Å². The van der Waals surface area contributed by atoms with Crippen LogP contribution in [0.2, 0.25) is 0 Å². The van der Waals surface area contributed by atoms with Gasteiger partial charge in [-0.3, -0.25) is 4.79 Å². The minimum absolute atomic E-state index is 0.119. The predicted molar refractivity (Wildman–Crippen MR) is 111 cm³/mol. The number of fused-ring (bicyclic) bond motifs is 1. The van der Waals surface area contributed by atoms with E-state index in [0.717, 1.165) is 51.0 Å². The van der Waals surface area contributed by atoms with Gasteiger partial charge in [0, 0.05) is 18.0 Å². The zero-order chi connectivity index (χ0) is 19.8. The van der Waals surface area contributed by atoms with Gasteiger partial charge in [0.05, 0.1) is 18.7 Å². The average molecular weight is 396 g/mol. The van der Waals surface area contributed by atoms with Crippen molar-refractivity contribution in [2.45, 2.75) is 47.0 Å². The molecular formula is C20H33N3O3S. The summed E-state index contributed by atoms with van der Waals surface area (Å²) in [5, 5.41) is 6.76. The molecule has 0 saturated carbocycles. The van der Waals surface area contributed by atoms with Gasteiger partial charge < -0.3 is 20.3 Å². The fourth-order valence-corrected chi connectivity index (χ4v) is 4.82. The Hall–Kier alpha value is -1.44. The second-order valence-electron chi connectivity index (χ2n) is 7.03. The lowest BCUT2D eigenvalue weighted by Crippen LogP contribution is -2.35. The van der Waals surface area contributed by atoms with Crippen molar-refractivity contribution < 1.29 is 14.3 Å². The van der Waals surface area contributed by atoms with Crippen molar-refractivity contribution in [3.63, 3.8) is 0 Å². The number of rotatable bonds is 10. The van der Waals surface area contributed by atoms with Gasteiger partial charge in [0.1, 0.15) is 5.00 Å². The third kappa shape index (κ3) is 6.02. The second-order valence-corrected chi connectivity index (χ2v) is 8.13. The molecule has 6 nitrogen and oxygen atoms in total. The fraction of sp³-hybridized carbons (Fsp3) is 0.700. The Kier molecular flexibility index (Phi) is 8.73. The van der Waals surface area contributed by atoms with E-state index in [-0.39, 0.29) is 18.4 Å². The Morgan fingerprint density at radius 3 is 2.67 bits per heavy atom. The monoisotopic (exact) mass is 395 g/mol. The lowest BCUT2D eigenvalue weighted by atomic mass is 9.88. The van der Waals surface area contributed by atoms with Gasteiger partial charge in [0.15, 0.2) is 0 Å². The molecule has 1 atom stereocenters. The van der Waals surface area contributed by atoms with E-state index in [1.54, 1.807) is 6.92 Å². The summed E-state index contributed by atoms with van der Waals surface area (Å²) in [4.78, 5) is 28.4. The molecule has 0 aliphatic heterocycles. The molecule has 1 heterocycles. The number of carbonyl (C=O) groups excluding carboxylic acids is 2. The van der Waals surface area contributed by atoms with Crippen LogP contribution in [0.1, 0.15) is 54.9 Å². The molecule has 0 radical (unpaired) electrons. The predicted octanol–water partition coefficient (Wildman–Crippen LogP) is 2.92. The Balaban J connectivity index is 2.00. The third-order valence-corrected chi connectivity index (χ3v) is 6.20. The Labute approximate surface area is 166 Å².